The van der Waals surface area contributed by atoms with Crippen LogP contribution in [0.4, 0.5) is 0 Å². The van der Waals surface area contributed by atoms with E-state index in [1.807, 2.05) is 0 Å². The maximum absolute atomic E-state index is 5.43. The summed E-state index contributed by atoms with van der Waals surface area (Å²) in [5.41, 5.74) is 1.30. The number of halogens is 2. The summed E-state index contributed by atoms with van der Waals surface area (Å²) in [6.07, 6.45) is 2.38. The van der Waals surface area contributed by atoms with Gasteiger partial charge < -0.3 is 38.7 Å². The van der Waals surface area contributed by atoms with Crippen molar-refractivity contribution in [1.82, 2.24) is 0 Å². The third-order valence-electron chi connectivity index (χ3n) is 1.49. The molecule has 0 aliphatic carbocycles. The fourth-order valence-corrected chi connectivity index (χ4v) is 1.46. The maximum atomic E-state index is 5.43. The fourth-order valence-electron chi connectivity index (χ4n) is 0.811. The molecule has 0 radical (unpaired) electrons. The zero-order valence-electron chi connectivity index (χ0n) is 8.34. The van der Waals surface area contributed by atoms with E-state index in [9.17, 15) is 0 Å². The third-order valence-corrected chi connectivity index (χ3v) is 2.22. The van der Waals surface area contributed by atoms with Crippen molar-refractivity contribution in [3.05, 3.63) is 22.4 Å². The summed E-state index contributed by atoms with van der Waals surface area (Å²) in [7, 11) is 0. The maximum Gasteiger partial charge on any atom is 2.00 e. The molecule has 0 bridgehead atoms. The molecule has 1 aromatic heterocycles. The van der Waals surface area contributed by atoms with E-state index in [1.165, 1.54) is 18.4 Å². The normalized spacial score (nSPS) is 8.07. The predicted molar refractivity (Wildman–Crippen MR) is 54.6 cm³/mol. The number of thiophene rings is 1. The minimum Gasteiger partial charge on any atom is -1.00 e. The molecule has 14 heavy (non-hydrogen) atoms. The molecule has 0 fully saturated rings. The zero-order chi connectivity index (χ0) is 7.94. The van der Waals surface area contributed by atoms with E-state index in [0.29, 0.717) is 0 Å². The molecule has 1 nitrogen and oxygen atoms in total. The summed E-state index contributed by atoms with van der Waals surface area (Å²) in [5.74, 6) is 0. The number of ether oxygens (including phenoxy) is 1. The largest absolute Gasteiger partial charge is 2.00 e. The van der Waals surface area contributed by atoms with Crippen LogP contribution in [0.3, 0.4) is 0 Å². The van der Waals surface area contributed by atoms with Crippen LogP contribution in [0.1, 0.15) is 25.3 Å². The smallest absolute Gasteiger partial charge is 1.00 e. The van der Waals surface area contributed by atoms with Gasteiger partial charge in [-0.25, -0.2) is 0 Å². The van der Waals surface area contributed by atoms with Crippen molar-refractivity contribution >= 4 is 34.4 Å². The first kappa shape index (κ1) is 20.8. The Kier molecular flexibility index (Phi) is 21.3. The molecule has 0 aliphatic rings. The summed E-state index contributed by atoms with van der Waals surface area (Å²) in [4.78, 5) is 0. The molecule has 0 spiro atoms. The summed E-state index contributed by atoms with van der Waals surface area (Å²) in [6.45, 7) is 3.85. The molecule has 1 aromatic rings. The van der Waals surface area contributed by atoms with E-state index in [-0.39, 0.29) is 57.0 Å². The third kappa shape index (κ3) is 9.92. The summed E-state index contributed by atoms with van der Waals surface area (Å²) < 4.78 is 5.43. The van der Waals surface area contributed by atoms with Crippen LogP contribution in [-0.4, -0.2) is 29.7 Å². The molecule has 0 unspecified atom stereocenters. The fraction of sp³-hybridized carbons (Fsp3) is 0.556. The van der Waals surface area contributed by atoms with E-state index < -0.39 is 0 Å². The van der Waals surface area contributed by atoms with Crippen LogP contribution in [0.2, 0.25) is 0 Å². The Labute approximate surface area is 127 Å². The first-order chi connectivity index (χ1) is 5.43. The molecule has 0 aliphatic heterocycles. The van der Waals surface area contributed by atoms with Crippen molar-refractivity contribution < 1.29 is 38.7 Å². The molecule has 1 rings (SSSR count). The van der Waals surface area contributed by atoms with Gasteiger partial charge in [-0.05, 0) is 28.8 Å². The SMILES string of the molecule is CCCCOCc1ccsc1.[Br-].[Br-].[Mg+2]. The van der Waals surface area contributed by atoms with Crippen LogP contribution in [0.15, 0.2) is 16.8 Å². The molecule has 0 saturated heterocycles. The van der Waals surface area contributed by atoms with Crippen LogP contribution < -0.4 is 34.0 Å². The minimum atomic E-state index is 0. The molecule has 0 aromatic carbocycles. The van der Waals surface area contributed by atoms with E-state index in [1.54, 1.807) is 11.3 Å². The van der Waals surface area contributed by atoms with Gasteiger partial charge in [0.15, 0.2) is 0 Å². The van der Waals surface area contributed by atoms with Crippen LogP contribution in [0, 0.1) is 0 Å². The Morgan fingerprint density at radius 2 is 2.07 bits per heavy atom. The molecule has 0 saturated carbocycles. The quantitative estimate of drug-likeness (QED) is 0.398. The standard InChI is InChI=1S/C9H14OS.2BrH.Mg/c1-2-3-5-10-7-9-4-6-11-8-9;;;/h4,6,8H,2-3,5,7H2,1H3;2*1H;/q;;;+2/p-2. The van der Waals surface area contributed by atoms with E-state index >= 15 is 0 Å². The van der Waals surface area contributed by atoms with Gasteiger partial charge in [0, 0.05) is 6.61 Å². The van der Waals surface area contributed by atoms with E-state index in [4.69, 9.17) is 4.74 Å². The topological polar surface area (TPSA) is 9.23 Å². The van der Waals surface area contributed by atoms with E-state index in [2.05, 4.69) is 23.8 Å². The van der Waals surface area contributed by atoms with Crippen molar-refractivity contribution in [2.24, 2.45) is 0 Å². The number of hydrogen-bond donors (Lipinski definition) is 0. The second-order valence-corrected chi connectivity index (χ2v) is 3.32. The predicted octanol–water partition coefficient (Wildman–Crippen LogP) is -3.31. The molecular weight excluding hydrogens is 340 g/mol. The molecule has 0 atom stereocenters. The van der Waals surface area contributed by atoms with E-state index in [0.717, 1.165) is 13.2 Å². The Morgan fingerprint density at radius 1 is 1.36 bits per heavy atom. The zero-order valence-corrected chi connectivity index (χ0v) is 13.7. The first-order valence-corrected chi connectivity index (χ1v) is 4.96. The van der Waals surface area contributed by atoms with Crippen molar-refractivity contribution in [3.63, 3.8) is 0 Å². The van der Waals surface area contributed by atoms with Gasteiger partial charge in [0.1, 0.15) is 0 Å². The Balaban J connectivity index is -0.000000403. The Morgan fingerprint density at radius 3 is 2.57 bits per heavy atom. The average Bonchev–Trinajstić information content (AvgIpc) is 2.50. The van der Waals surface area contributed by atoms with Gasteiger partial charge in [-0.15, -0.1) is 0 Å². The number of hydrogen-bond acceptors (Lipinski definition) is 2. The first-order valence-electron chi connectivity index (χ1n) is 4.02. The Bertz CT molecular complexity index is 183. The number of unbranched alkanes of at least 4 members (excludes halogenated alkanes) is 1. The Hall–Kier alpha value is 1.39. The molecule has 78 valence electrons. The second kappa shape index (κ2) is 14.4. The second-order valence-electron chi connectivity index (χ2n) is 2.54. The number of rotatable bonds is 5. The van der Waals surface area contributed by atoms with Crippen molar-refractivity contribution in [3.8, 4) is 0 Å². The van der Waals surface area contributed by atoms with Gasteiger partial charge in [0.2, 0.25) is 0 Å². The molecule has 0 N–H and O–H groups in total. The van der Waals surface area contributed by atoms with Gasteiger partial charge in [-0.2, -0.15) is 11.3 Å². The summed E-state index contributed by atoms with van der Waals surface area (Å²) in [5, 5.41) is 4.21. The minimum absolute atomic E-state index is 0. The van der Waals surface area contributed by atoms with Crippen LogP contribution in [0.5, 0.6) is 0 Å². The van der Waals surface area contributed by atoms with Crippen molar-refractivity contribution in [2.75, 3.05) is 6.61 Å². The van der Waals surface area contributed by atoms with Crippen LogP contribution in [0.25, 0.3) is 0 Å². The molecular formula is C9H14Br2MgOS. The van der Waals surface area contributed by atoms with Gasteiger partial charge in [0.25, 0.3) is 0 Å². The van der Waals surface area contributed by atoms with Crippen LogP contribution in [-0.2, 0) is 11.3 Å². The molecule has 1 heterocycles. The van der Waals surface area contributed by atoms with Gasteiger partial charge in [-0.1, -0.05) is 13.3 Å². The van der Waals surface area contributed by atoms with Crippen molar-refractivity contribution in [2.45, 2.75) is 26.4 Å². The van der Waals surface area contributed by atoms with Gasteiger partial charge >= 0.3 is 23.1 Å². The van der Waals surface area contributed by atoms with Gasteiger partial charge in [0.05, 0.1) is 6.61 Å². The molecule has 0 amide bonds. The van der Waals surface area contributed by atoms with Gasteiger partial charge in [-0.3, -0.25) is 0 Å². The monoisotopic (exact) mass is 352 g/mol. The van der Waals surface area contributed by atoms with Crippen molar-refractivity contribution in [1.29, 1.82) is 0 Å². The average molecular weight is 354 g/mol. The molecule has 5 heteroatoms. The summed E-state index contributed by atoms with van der Waals surface area (Å²) in [6, 6.07) is 2.11. The van der Waals surface area contributed by atoms with Crippen LogP contribution >= 0.6 is 11.3 Å². The summed E-state index contributed by atoms with van der Waals surface area (Å²) >= 11 is 1.72.